The molecule has 90 valence electrons. The fourth-order valence-corrected chi connectivity index (χ4v) is 3.19. The SMILES string of the molecule is CCC(CCC(C)C)C(C)(CC)C1CC1. The third kappa shape index (κ3) is 3.23. The van der Waals surface area contributed by atoms with Crippen molar-refractivity contribution >= 4 is 0 Å². The van der Waals surface area contributed by atoms with Crippen LogP contribution >= 0.6 is 0 Å². The highest BCUT2D eigenvalue weighted by Gasteiger charge is 2.44. The van der Waals surface area contributed by atoms with Crippen molar-refractivity contribution in [2.75, 3.05) is 0 Å². The fraction of sp³-hybridized carbons (Fsp3) is 1.00. The van der Waals surface area contributed by atoms with Gasteiger partial charge in [-0.25, -0.2) is 0 Å². The van der Waals surface area contributed by atoms with Gasteiger partial charge in [0, 0.05) is 0 Å². The van der Waals surface area contributed by atoms with Crippen LogP contribution in [0.4, 0.5) is 0 Å². The molecule has 0 bridgehead atoms. The molecule has 1 aliphatic rings. The Hall–Kier alpha value is 0. The van der Waals surface area contributed by atoms with Crippen LogP contribution < -0.4 is 0 Å². The summed E-state index contributed by atoms with van der Waals surface area (Å²) in [4.78, 5) is 0. The third-order valence-electron chi connectivity index (χ3n) is 4.79. The second kappa shape index (κ2) is 5.37. The molecule has 1 aliphatic carbocycles. The largest absolute Gasteiger partial charge is 0.0651 e. The first-order valence-electron chi connectivity index (χ1n) is 7.04. The first kappa shape index (κ1) is 13.1. The summed E-state index contributed by atoms with van der Waals surface area (Å²) in [7, 11) is 0. The Morgan fingerprint density at radius 3 is 2.07 bits per heavy atom. The first-order valence-corrected chi connectivity index (χ1v) is 7.04. The predicted molar refractivity (Wildman–Crippen MR) is 69.0 cm³/mol. The monoisotopic (exact) mass is 210 g/mol. The molecule has 0 heterocycles. The normalized spacial score (nSPS) is 22.8. The molecule has 2 atom stereocenters. The quantitative estimate of drug-likeness (QED) is 0.536. The van der Waals surface area contributed by atoms with E-state index in [1.807, 2.05) is 0 Å². The van der Waals surface area contributed by atoms with Crippen LogP contribution in [0.3, 0.4) is 0 Å². The Morgan fingerprint density at radius 1 is 1.13 bits per heavy atom. The van der Waals surface area contributed by atoms with E-state index >= 15 is 0 Å². The molecule has 0 nitrogen and oxygen atoms in total. The highest BCUT2D eigenvalue weighted by molar-refractivity contribution is 4.94. The Morgan fingerprint density at radius 2 is 1.73 bits per heavy atom. The second-order valence-electron chi connectivity index (χ2n) is 6.21. The molecule has 1 fully saturated rings. The number of rotatable bonds is 7. The highest BCUT2D eigenvalue weighted by atomic mass is 14.5. The van der Waals surface area contributed by atoms with Gasteiger partial charge in [0.1, 0.15) is 0 Å². The third-order valence-corrected chi connectivity index (χ3v) is 4.79. The van der Waals surface area contributed by atoms with Crippen LogP contribution in [0.1, 0.15) is 73.1 Å². The molecule has 1 rings (SSSR count). The summed E-state index contributed by atoms with van der Waals surface area (Å²) in [6, 6.07) is 0. The van der Waals surface area contributed by atoms with E-state index in [2.05, 4.69) is 34.6 Å². The summed E-state index contributed by atoms with van der Waals surface area (Å²) in [5.74, 6) is 2.90. The van der Waals surface area contributed by atoms with Crippen LogP contribution in [-0.4, -0.2) is 0 Å². The van der Waals surface area contributed by atoms with Crippen LogP contribution in [0.25, 0.3) is 0 Å². The van der Waals surface area contributed by atoms with Crippen LogP contribution in [0, 0.1) is 23.2 Å². The molecule has 0 radical (unpaired) electrons. The van der Waals surface area contributed by atoms with E-state index in [0.29, 0.717) is 5.41 Å². The predicted octanol–water partition coefficient (Wildman–Crippen LogP) is 5.28. The molecule has 0 amide bonds. The van der Waals surface area contributed by atoms with Crippen LogP contribution in [0.5, 0.6) is 0 Å². The van der Waals surface area contributed by atoms with E-state index in [4.69, 9.17) is 0 Å². The van der Waals surface area contributed by atoms with Gasteiger partial charge < -0.3 is 0 Å². The summed E-state index contributed by atoms with van der Waals surface area (Å²) >= 11 is 0. The lowest BCUT2D eigenvalue weighted by molar-refractivity contribution is 0.122. The molecule has 15 heavy (non-hydrogen) atoms. The van der Waals surface area contributed by atoms with Crippen molar-refractivity contribution in [3.8, 4) is 0 Å². The maximum Gasteiger partial charge on any atom is -0.0272 e. The van der Waals surface area contributed by atoms with E-state index in [0.717, 1.165) is 17.8 Å². The molecular weight excluding hydrogens is 180 g/mol. The van der Waals surface area contributed by atoms with Gasteiger partial charge in [-0.05, 0) is 42.4 Å². The van der Waals surface area contributed by atoms with E-state index in [1.165, 1.54) is 38.5 Å². The molecule has 0 heteroatoms. The highest BCUT2D eigenvalue weighted by Crippen LogP contribution is 2.54. The van der Waals surface area contributed by atoms with Crippen molar-refractivity contribution in [1.82, 2.24) is 0 Å². The zero-order valence-corrected chi connectivity index (χ0v) is 11.5. The van der Waals surface area contributed by atoms with Gasteiger partial charge in [-0.15, -0.1) is 0 Å². The molecule has 0 aromatic rings. The number of hydrogen-bond donors (Lipinski definition) is 0. The van der Waals surface area contributed by atoms with Gasteiger partial charge in [0.05, 0.1) is 0 Å². The molecule has 0 saturated heterocycles. The Balaban J connectivity index is 2.53. The Bertz CT molecular complexity index is 178. The maximum absolute atomic E-state index is 2.55. The van der Waals surface area contributed by atoms with Crippen LogP contribution in [0.15, 0.2) is 0 Å². The Kier molecular flexibility index (Phi) is 4.67. The van der Waals surface area contributed by atoms with E-state index in [-0.39, 0.29) is 0 Å². The van der Waals surface area contributed by atoms with E-state index in [9.17, 15) is 0 Å². The zero-order valence-electron chi connectivity index (χ0n) is 11.5. The number of hydrogen-bond acceptors (Lipinski definition) is 0. The van der Waals surface area contributed by atoms with E-state index in [1.54, 1.807) is 0 Å². The minimum Gasteiger partial charge on any atom is -0.0651 e. The molecule has 0 aliphatic heterocycles. The average Bonchev–Trinajstić information content (AvgIpc) is 3.01. The summed E-state index contributed by atoms with van der Waals surface area (Å²) in [5.41, 5.74) is 0.656. The van der Waals surface area contributed by atoms with Crippen molar-refractivity contribution in [3.63, 3.8) is 0 Å². The van der Waals surface area contributed by atoms with Gasteiger partial charge in [-0.3, -0.25) is 0 Å². The summed E-state index contributed by atoms with van der Waals surface area (Å²) in [6.45, 7) is 12.1. The van der Waals surface area contributed by atoms with Crippen LogP contribution in [-0.2, 0) is 0 Å². The van der Waals surface area contributed by atoms with Gasteiger partial charge in [0.25, 0.3) is 0 Å². The zero-order chi connectivity index (χ0) is 11.5. The minimum absolute atomic E-state index is 0.656. The summed E-state index contributed by atoms with van der Waals surface area (Å²) < 4.78 is 0. The average molecular weight is 210 g/mol. The second-order valence-corrected chi connectivity index (χ2v) is 6.21. The fourth-order valence-electron chi connectivity index (χ4n) is 3.19. The van der Waals surface area contributed by atoms with Crippen LogP contribution in [0.2, 0.25) is 0 Å². The lowest BCUT2D eigenvalue weighted by Crippen LogP contribution is -2.29. The van der Waals surface area contributed by atoms with Crippen molar-refractivity contribution in [2.45, 2.75) is 73.1 Å². The maximum atomic E-state index is 2.55. The van der Waals surface area contributed by atoms with Crippen molar-refractivity contribution in [1.29, 1.82) is 0 Å². The smallest absolute Gasteiger partial charge is 0.0272 e. The van der Waals surface area contributed by atoms with Crippen molar-refractivity contribution in [2.24, 2.45) is 23.2 Å². The van der Waals surface area contributed by atoms with Gasteiger partial charge in [-0.2, -0.15) is 0 Å². The molecule has 0 spiro atoms. The van der Waals surface area contributed by atoms with Gasteiger partial charge in [0.15, 0.2) is 0 Å². The topological polar surface area (TPSA) is 0 Å². The van der Waals surface area contributed by atoms with Gasteiger partial charge in [-0.1, -0.05) is 53.9 Å². The lowest BCUT2D eigenvalue weighted by Gasteiger charge is -2.37. The first-order chi connectivity index (χ1) is 7.04. The van der Waals surface area contributed by atoms with E-state index < -0.39 is 0 Å². The minimum atomic E-state index is 0.656. The standard InChI is InChI=1S/C15H30/c1-6-13(9-8-12(3)4)15(5,7-2)14-10-11-14/h12-14H,6-11H2,1-5H3. The molecule has 0 aromatic carbocycles. The lowest BCUT2D eigenvalue weighted by atomic mass is 9.68. The van der Waals surface area contributed by atoms with Gasteiger partial charge >= 0.3 is 0 Å². The molecule has 0 N–H and O–H groups in total. The van der Waals surface area contributed by atoms with Crippen molar-refractivity contribution < 1.29 is 0 Å². The molecule has 2 unspecified atom stereocenters. The Labute approximate surface area is 96.8 Å². The molecule has 0 aromatic heterocycles. The summed E-state index contributed by atoms with van der Waals surface area (Å²) in [5, 5.41) is 0. The van der Waals surface area contributed by atoms with Crippen molar-refractivity contribution in [3.05, 3.63) is 0 Å². The van der Waals surface area contributed by atoms with Gasteiger partial charge in [0.2, 0.25) is 0 Å². The summed E-state index contributed by atoms with van der Waals surface area (Å²) in [6.07, 6.45) is 8.64. The molecular formula is C15H30. The molecule has 1 saturated carbocycles.